The van der Waals surface area contributed by atoms with Crippen molar-refractivity contribution in [1.82, 2.24) is 14.7 Å². The van der Waals surface area contributed by atoms with Gasteiger partial charge in [0.2, 0.25) is 0 Å². The third-order valence-corrected chi connectivity index (χ3v) is 6.23. The molecule has 1 aromatic heterocycles. The van der Waals surface area contributed by atoms with Gasteiger partial charge in [-0.25, -0.2) is 19.8 Å². The van der Waals surface area contributed by atoms with Crippen LogP contribution in [-0.2, 0) is 10.2 Å². The fourth-order valence-corrected chi connectivity index (χ4v) is 4.28. The Kier molecular flexibility index (Phi) is 4.36. The highest BCUT2D eigenvalue weighted by molar-refractivity contribution is 7.87. The minimum absolute atomic E-state index is 0.0205. The van der Waals surface area contributed by atoms with Crippen LogP contribution in [0.15, 0.2) is 18.5 Å². The largest absolute Gasteiger partial charge is 0.493 e. The Morgan fingerprint density at radius 2 is 1.89 bits per heavy atom. The molecule has 2 fully saturated rings. The maximum absolute atomic E-state index is 11.2. The van der Waals surface area contributed by atoms with Gasteiger partial charge >= 0.3 is 0 Å². The number of anilines is 1. The average Bonchev–Trinajstić information content (AvgIpc) is 3.38. The predicted molar refractivity (Wildman–Crippen MR) is 101 cm³/mol. The quantitative estimate of drug-likeness (QED) is 0.709. The van der Waals surface area contributed by atoms with E-state index >= 15 is 0 Å². The summed E-state index contributed by atoms with van der Waals surface area (Å²) in [6.45, 7) is 2.05. The van der Waals surface area contributed by atoms with Gasteiger partial charge in [0.25, 0.3) is 10.2 Å². The first-order valence-corrected chi connectivity index (χ1v) is 10.3. The first-order valence-electron chi connectivity index (χ1n) is 8.74. The zero-order chi connectivity index (χ0) is 19.2. The molecule has 146 valence electrons. The smallest absolute Gasteiger partial charge is 0.274 e. The highest BCUT2D eigenvalue weighted by Gasteiger charge is 2.53. The predicted octanol–water partition coefficient (Wildman–Crippen LogP) is 0.657. The maximum atomic E-state index is 11.2. The topological polar surface area (TPSA) is 120 Å². The molecule has 4 rings (SSSR count). The molecule has 1 aromatic carbocycles. The molecule has 2 heterocycles. The average molecular weight is 393 g/mol. The lowest BCUT2D eigenvalue weighted by atomic mass is 9.82. The van der Waals surface area contributed by atoms with Gasteiger partial charge < -0.3 is 14.4 Å². The van der Waals surface area contributed by atoms with Gasteiger partial charge in [-0.05, 0) is 24.3 Å². The van der Waals surface area contributed by atoms with E-state index in [0.29, 0.717) is 24.0 Å². The molecule has 1 saturated carbocycles. The molecular weight excluding hydrogens is 370 g/mol. The van der Waals surface area contributed by atoms with E-state index in [1.165, 1.54) is 0 Å². The van der Waals surface area contributed by atoms with Crippen LogP contribution in [0.1, 0.15) is 12.8 Å². The highest BCUT2D eigenvalue weighted by Crippen LogP contribution is 2.55. The molecule has 27 heavy (non-hydrogen) atoms. The Balaban J connectivity index is 1.53. The molecule has 0 unspecified atom stereocenters. The van der Waals surface area contributed by atoms with Crippen LogP contribution in [0.2, 0.25) is 0 Å². The van der Waals surface area contributed by atoms with Crippen molar-refractivity contribution in [2.75, 3.05) is 38.8 Å². The minimum Gasteiger partial charge on any atom is -0.493 e. The van der Waals surface area contributed by atoms with Crippen LogP contribution in [0.5, 0.6) is 11.5 Å². The highest BCUT2D eigenvalue weighted by atomic mass is 32.2. The van der Waals surface area contributed by atoms with Gasteiger partial charge in [0, 0.05) is 37.0 Å². The van der Waals surface area contributed by atoms with Crippen molar-refractivity contribution >= 4 is 26.9 Å². The Morgan fingerprint density at radius 1 is 1.22 bits per heavy atom. The molecule has 1 saturated heterocycles. The van der Waals surface area contributed by atoms with Crippen molar-refractivity contribution in [2.45, 2.75) is 12.8 Å². The number of aromatic nitrogens is 2. The van der Waals surface area contributed by atoms with Crippen LogP contribution in [-0.4, -0.2) is 52.2 Å². The first kappa shape index (κ1) is 18.2. The molecule has 9 nitrogen and oxygen atoms in total. The number of ether oxygens (including phenoxy) is 2. The number of fused-ring (bicyclic) bond motifs is 1. The molecule has 0 bridgehead atoms. The monoisotopic (exact) mass is 393 g/mol. The number of nitrogens with two attached hydrogens (primary N) is 1. The summed E-state index contributed by atoms with van der Waals surface area (Å²) in [5.41, 5.74) is 0.810. The Hall–Kier alpha value is -2.17. The molecule has 10 heteroatoms. The van der Waals surface area contributed by atoms with E-state index < -0.39 is 10.2 Å². The minimum atomic E-state index is -3.65. The summed E-state index contributed by atoms with van der Waals surface area (Å²) in [6.07, 6.45) is 3.58. The van der Waals surface area contributed by atoms with Crippen LogP contribution in [0.25, 0.3) is 10.9 Å². The molecule has 1 aliphatic carbocycles. The van der Waals surface area contributed by atoms with Gasteiger partial charge in [0.1, 0.15) is 12.1 Å². The number of benzene rings is 1. The van der Waals surface area contributed by atoms with E-state index in [-0.39, 0.29) is 5.41 Å². The summed E-state index contributed by atoms with van der Waals surface area (Å²) >= 11 is 0. The summed E-state index contributed by atoms with van der Waals surface area (Å²) in [5.74, 6) is 2.53. The lowest BCUT2D eigenvalue weighted by Gasteiger charge is -2.45. The zero-order valence-corrected chi connectivity index (χ0v) is 16.1. The van der Waals surface area contributed by atoms with E-state index in [1.807, 2.05) is 12.1 Å². The van der Waals surface area contributed by atoms with Gasteiger partial charge in [-0.15, -0.1) is 0 Å². The Bertz CT molecular complexity index is 971. The molecule has 3 N–H and O–H groups in total. The van der Waals surface area contributed by atoms with E-state index in [0.717, 1.165) is 42.7 Å². The van der Waals surface area contributed by atoms with Crippen LogP contribution in [0.4, 0.5) is 5.82 Å². The summed E-state index contributed by atoms with van der Waals surface area (Å²) < 4.78 is 35.6. The van der Waals surface area contributed by atoms with Crippen molar-refractivity contribution in [1.29, 1.82) is 0 Å². The summed E-state index contributed by atoms with van der Waals surface area (Å²) in [6, 6.07) is 3.74. The second-order valence-electron chi connectivity index (χ2n) is 7.25. The van der Waals surface area contributed by atoms with Crippen LogP contribution in [0.3, 0.4) is 0 Å². The molecule has 0 amide bonds. The summed E-state index contributed by atoms with van der Waals surface area (Å²) in [4.78, 5) is 11.0. The second kappa shape index (κ2) is 6.47. The standard InChI is InChI=1S/C17H23N5O4S/c1-25-14-5-12-13(6-15(14)26-2)19-10-20-16(12)22-7-11(8-22)17(3-4-17)9-21-27(18,23)24/h5-6,10-11,21H,3-4,7-9H2,1-2H3,(H2,18,23,24). The van der Waals surface area contributed by atoms with Gasteiger partial charge in [-0.2, -0.15) is 8.42 Å². The number of hydrogen-bond donors (Lipinski definition) is 2. The van der Waals surface area contributed by atoms with Crippen molar-refractivity contribution < 1.29 is 17.9 Å². The SMILES string of the molecule is COc1cc2ncnc(N3CC(C4(CNS(N)(=O)=O)CC4)C3)c2cc1OC. The third-order valence-electron chi connectivity index (χ3n) is 5.68. The lowest BCUT2D eigenvalue weighted by molar-refractivity contribution is 0.249. The van der Waals surface area contributed by atoms with Gasteiger partial charge in [-0.1, -0.05) is 0 Å². The number of hydrogen-bond acceptors (Lipinski definition) is 7. The van der Waals surface area contributed by atoms with E-state index in [4.69, 9.17) is 14.6 Å². The molecule has 0 atom stereocenters. The maximum Gasteiger partial charge on any atom is 0.274 e. The lowest BCUT2D eigenvalue weighted by Crippen LogP contribution is -2.54. The fraction of sp³-hybridized carbons (Fsp3) is 0.529. The summed E-state index contributed by atoms with van der Waals surface area (Å²) in [5, 5.41) is 5.98. The zero-order valence-electron chi connectivity index (χ0n) is 15.3. The molecular formula is C17H23N5O4S. The Labute approximate surface area is 158 Å². The fourth-order valence-electron chi connectivity index (χ4n) is 3.79. The number of rotatable bonds is 7. The first-order chi connectivity index (χ1) is 12.8. The summed E-state index contributed by atoms with van der Waals surface area (Å²) in [7, 11) is -0.461. The number of nitrogens with zero attached hydrogens (tertiary/aromatic N) is 3. The van der Waals surface area contributed by atoms with Gasteiger partial charge in [0.05, 0.1) is 19.7 Å². The van der Waals surface area contributed by atoms with Gasteiger partial charge in [-0.3, -0.25) is 0 Å². The van der Waals surface area contributed by atoms with E-state index in [1.54, 1.807) is 20.5 Å². The normalized spacial score (nSPS) is 19.0. The second-order valence-corrected chi connectivity index (χ2v) is 8.63. The van der Waals surface area contributed by atoms with Crippen LogP contribution < -0.4 is 24.2 Å². The van der Waals surface area contributed by atoms with Crippen molar-refractivity contribution in [2.24, 2.45) is 16.5 Å². The van der Waals surface area contributed by atoms with Crippen molar-refractivity contribution in [3.63, 3.8) is 0 Å². The van der Waals surface area contributed by atoms with E-state index in [2.05, 4.69) is 19.6 Å². The molecule has 2 aromatic rings. The molecule has 0 radical (unpaired) electrons. The van der Waals surface area contributed by atoms with E-state index in [9.17, 15) is 8.42 Å². The molecule has 0 spiro atoms. The van der Waals surface area contributed by atoms with Crippen LogP contribution in [0, 0.1) is 11.3 Å². The van der Waals surface area contributed by atoms with Crippen molar-refractivity contribution in [3.8, 4) is 11.5 Å². The molecule has 1 aliphatic heterocycles. The third kappa shape index (κ3) is 3.40. The Morgan fingerprint density at radius 3 is 2.48 bits per heavy atom. The number of methoxy groups -OCH3 is 2. The number of nitrogens with one attached hydrogen (secondary N) is 1. The van der Waals surface area contributed by atoms with Crippen molar-refractivity contribution in [3.05, 3.63) is 18.5 Å². The molecule has 2 aliphatic rings. The van der Waals surface area contributed by atoms with Crippen LogP contribution >= 0.6 is 0 Å². The van der Waals surface area contributed by atoms with Gasteiger partial charge in [0.15, 0.2) is 11.5 Å².